The number of rotatable bonds is 5. The Morgan fingerprint density at radius 1 is 1.04 bits per heavy atom. The first kappa shape index (κ1) is 17.6. The van der Waals surface area contributed by atoms with Gasteiger partial charge in [0.1, 0.15) is 5.82 Å². The fourth-order valence-electron chi connectivity index (χ4n) is 2.90. The molecule has 2 aromatic carbocycles. The fraction of sp³-hybridized carbons (Fsp3) is 0.0500. The van der Waals surface area contributed by atoms with Gasteiger partial charge in [0.05, 0.1) is 5.56 Å². The summed E-state index contributed by atoms with van der Waals surface area (Å²) < 4.78 is 16.2. The maximum atomic E-state index is 14.7. The number of nitrogen functional groups attached to an aromatic ring is 1. The molecule has 0 radical (unpaired) electrons. The van der Waals surface area contributed by atoms with E-state index in [1.807, 2.05) is 37.3 Å². The minimum atomic E-state index is -0.400. The number of halogens is 1. The topological polar surface area (TPSA) is 93.7 Å². The average Bonchev–Trinajstić information content (AvgIpc) is 3.25. The molecule has 8 heteroatoms. The van der Waals surface area contributed by atoms with Gasteiger partial charge in [-0.25, -0.2) is 14.9 Å². The average molecular weight is 375 g/mol. The molecule has 4 aromatic rings. The highest BCUT2D eigenvalue weighted by molar-refractivity contribution is 5.83. The molecule has 7 nitrogen and oxygen atoms in total. The fourth-order valence-corrected chi connectivity index (χ4v) is 2.90. The van der Waals surface area contributed by atoms with Crippen LogP contribution in [0.2, 0.25) is 0 Å². The van der Waals surface area contributed by atoms with E-state index in [0.717, 1.165) is 11.3 Å². The van der Waals surface area contributed by atoms with Gasteiger partial charge in [-0.05, 0) is 37.3 Å². The third-order valence-electron chi connectivity index (χ3n) is 4.17. The largest absolute Gasteiger partial charge is 0.324 e. The van der Waals surface area contributed by atoms with Gasteiger partial charge in [0, 0.05) is 23.6 Å². The molecule has 4 rings (SSSR count). The summed E-state index contributed by atoms with van der Waals surface area (Å²) in [5.41, 5.74) is 5.04. The lowest BCUT2D eigenvalue weighted by molar-refractivity contribution is 0.630. The molecular formula is C20H18FN7. The number of hydrogen-bond acceptors (Lipinski definition) is 6. The molecule has 0 saturated carbocycles. The molecule has 0 atom stereocenters. The van der Waals surface area contributed by atoms with Crippen LogP contribution in [0.1, 0.15) is 5.56 Å². The van der Waals surface area contributed by atoms with Crippen molar-refractivity contribution < 1.29 is 4.39 Å². The number of aryl methyl sites for hydroxylation is 1. The van der Waals surface area contributed by atoms with E-state index in [9.17, 15) is 4.39 Å². The van der Waals surface area contributed by atoms with E-state index in [2.05, 4.69) is 25.8 Å². The molecule has 0 aliphatic rings. The summed E-state index contributed by atoms with van der Waals surface area (Å²) in [7, 11) is 0. The zero-order valence-corrected chi connectivity index (χ0v) is 15.1. The van der Waals surface area contributed by atoms with E-state index < -0.39 is 5.82 Å². The summed E-state index contributed by atoms with van der Waals surface area (Å²) >= 11 is 0. The van der Waals surface area contributed by atoms with Crippen LogP contribution in [0, 0.1) is 12.7 Å². The standard InChI is InChI=1S/C20H18FN7/c1-13-8-9-16(21)15(12-13)17-18(27-22)25-20(24-14-6-3-2-4-7-14)26-19(17)28-11-5-10-23-28/h2-12H,22H2,1H3,(H2,24,25,26,27). The van der Waals surface area contributed by atoms with E-state index in [1.54, 1.807) is 35.3 Å². The number of nitrogens with zero attached hydrogens (tertiary/aromatic N) is 4. The number of nitrogens with one attached hydrogen (secondary N) is 2. The lowest BCUT2D eigenvalue weighted by Gasteiger charge is -2.16. The van der Waals surface area contributed by atoms with Gasteiger partial charge in [-0.3, -0.25) is 0 Å². The predicted molar refractivity (Wildman–Crippen MR) is 107 cm³/mol. The number of aromatic nitrogens is 4. The molecule has 0 aliphatic heterocycles. The normalized spacial score (nSPS) is 10.7. The molecule has 140 valence electrons. The Balaban J connectivity index is 1.93. The molecule has 0 aliphatic carbocycles. The third kappa shape index (κ3) is 3.40. The second-order valence-corrected chi connectivity index (χ2v) is 6.16. The van der Waals surface area contributed by atoms with Gasteiger partial charge >= 0.3 is 0 Å². The van der Waals surface area contributed by atoms with Crippen molar-refractivity contribution in [2.75, 3.05) is 10.7 Å². The highest BCUT2D eigenvalue weighted by Crippen LogP contribution is 2.35. The molecule has 0 saturated heterocycles. The maximum absolute atomic E-state index is 14.7. The van der Waals surface area contributed by atoms with Crippen LogP contribution in [0.5, 0.6) is 0 Å². The number of para-hydroxylation sites is 1. The summed E-state index contributed by atoms with van der Waals surface area (Å²) in [5.74, 6) is 6.33. The Hall–Kier alpha value is -3.78. The minimum Gasteiger partial charge on any atom is -0.324 e. The van der Waals surface area contributed by atoms with Gasteiger partial charge < -0.3 is 10.7 Å². The monoisotopic (exact) mass is 375 g/mol. The van der Waals surface area contributed by atoms with Crippen molar-refractivity contribution >= 4 is 17.5 Å². The second kappa shape index (κ2) is 7.45. The molecule has 0 amide bonds. The molecule has 2 aromatic heterocycles. The smallest absolute Gasteiger partial charge is 0.231 e. The SMILES string of the molecule is Cc1ccc(F)c(-c2c(NN)nc(Nc3ccccc3)nc2-n2cccn2)c1. The Morgan fingerprint density at radius 2 is 1.86 bits per heavy atom. The van der Waals surface area contributed by atoms with Crippen molar-refractivity contribution in [1.29, 1.82) is 0 Å². The van der Waals surface area contributed by atoms with Crippen molar-refractivity contribution in [3.63, 3.8) is 0 Å². The van der Waals surface area contributed by atoms with Crippen LogP contribution in [0.4, 0.5) is 21.8 Å². The van der Waals surface area contributed by atoms with E-state index >= 15 is 0 Å². The molecule has 0 unspecified atom stereocenters. The van der Waals surface area contributed by atoms with Gasteiger partial charge in [-0.1, -0.05) is 29.8 Å². The van der Waals surface area contributed by atoms with E-state index in [-0.39, 0.29) is 5.82 Å². The molecule has 4 N–H and O–H groups in total. The van der Waals surface area contributed by atoms with E-state index in [1.165, 1.54) is 6.07 Å². The first-order chi connectivity index (χ1) is 13.7. The van der Waals surface area contributed by atoms with Gasteiger partial charge in [0.2, 0.25) is 5.95 Å². The van der Waals surface area contributed by atoms with Crippen LogP contribution in [-0.2, 0) is 0 Å². The molecule has 0 spiro atoms. The second-order valence-electron chi connectivity index (χ2n) is 6.16. The van der Waals surface area contributed by atoms with E-state index in [0.29, 0.717) is 22.9 Å². The zero-order chi connectivity index (χ0) is 19.5. The zero-order valence-electron chi connectivity index (χ0n) is 15.1. The summed E-state index contributed by atoms with van der Waals surface area (Å²) in [4.78, 5) is 9.02. The van der Waals surface area contributed by atoms with Crippen LogP contribution in [0.25, 0.3) is 16.9 Å². The first-order valence-electron chi connectivity index (χ1n) is 8.63. The first-order valence-corrected chi connectivity index (χ1v) is 8.63. The quantitative estimate of drug-likeness (QED) is 0.363. The molecule has 0 fully saturated rings. The minimum absolute atomic E-state index is 0.281. The summed E-state index contributed by atoms with van der Waals surface area (Å²) in [6, 6.07) is 16.1. The number of anilines is 3. The van der Waals surface area contributed by atoms with Crippen LogP contribution in [0.15, 0.2) is 67.0 Å². The summed E-state index contributed by atoms with van der Waals surface area (Å²) in [6.07, 6.45) is 3.35. The van der Waals surface area contributed by atoms with Crippen LogP contribution >= 0.6 is 0 Å². The lowest BCUT2D eigenvalue weighted by atomic mass is 10.0. The van der Waals surface area contributed by atoms with Gasteiger partial charge in [-0.2, -0.15) is 15.1 Å². The highest BCUT2D eigenvalue weighted by atomic mass is 19.1. The van der Waals surface area contributed by atoms with Crippen molar-refractivity contribution in [3.8, 4) is 16.9 Å². The summed E-state index contributed by atoms with van der Waals surface area (Å²) in [5, 5.41) is 7.39. The maximum Gasteiger partial charge on any atom is 0.231 e. The van der Waals surface area contributed by atoms with Gasteiger partial charge in [0.15, 0.2) is 11.6 Å². The Labute approximate surface area is 161 Å². The summed E-state index contributed by atoms with van der Waals surface area (Å²) in [6.45, 7) is 1.89. The van der Waals surface area contributed by atoms with Gasteiger partial charge in [0.25, 0.3) is 0 Å². The van der Waals surface area contributed by atoms with Crippen LogP contribution in [-0.4, -0.2) is 19.7 Å². The predicted octanol–water partition coefficient (Wildman–Crippen LogP) is 3.81. The van der Waals surface area contributed by atoms with Crippen molar-refractivity contribution in [2.24, 2.45) is 5.84 Å². The molecule has 28 heavy (non-hydrogen) atoms. The van der Waals surface area contributed by atoms with E-state index in [4.69, 9.17) is 5.84 Å². The third-order valence-corrected chi connectivity index (χ3v) is 4.17. The number of benzene rings is 2. The molecule has 0 bridgehead atoms. The Bertz CT molecular complexity index is 1100. The van der Waals surface area contributed by atoms with Crippen molar-refractivity contribution in [3.05, 3.63) is 78.4 Å². The Morgan fingerprint density at radius 3 is 2.57 bits per heavy atom. The molecule has 2 heterocycles. The number of nitrogens with two attached hydrogens (primary N) is 1. The van der Waals surface area contributed by atoms with Crippen LogP contribution in [0.3, 0.4) is 0 Å². The van der Waals surface area contributed by atoms with Crippen LogP contribution < -0.4 is 16.6 Å². The molecular weight excluding hydrogens is 357 g/mol. The van der Waals surface area contributed by atoms with Gasteiger partial charge in [-0.15, -0.1) is 0 Å². The lowest BCUT2D eigenvalue weighted by Crippen LogP contribution is -2.15. The Kier molecular flexibility index (Phi) is 4.69. The van der Waals surface area contributed by atoms with Crippen molar-refractivity contribution in [1.82, 2.24) is 19.7 Å². The van der Waals surface area contributed by atoms with Crippen molar-refractivity contribution in [2.45, 2.75) is 6.92 Å². The number of hydrogen-bond donors (Lipinski definition) is 3. The highest BCUT2D eigenvalue weighted by Gasteiger charge is 2.21. The number of hydrazine groups is 1.